The van der Waals surface area contributed by atoms with Crippen LogP contribution >= 0.6 is 0 Å². The fourth-order valence-electron chi connectivity index (χ4n) is 3.43. The highest BCUT2D eigenvalue weighted by molar-refractivity contribution is 6.02. The zero-order chi connectivity index (χ0) is 29.5. The number of carbonyl (C=O) groups excluding carboxylic acids is 2. The lowest BCUT2D eigenvalue weighted by atomic mass is 10.2. The van der Waals surface area contributed by atoms with E-state index in [2.05, 4.69) is 35.7 Å². The van der Waals surface area contributed by atoms with Crippen molar-refractivity contribution in [2.45, 2.75) is 41.0 Å². The lowest BCUT2D eigenvalue weighted by molar-refractivity contribution is -0.116. The topological polar surface area (TPSA) is 110 Å². The van der Waals surface area contributed by atoms with Crippen LogP contribution in [0, 0.1) is 13.8 Å². The minimum Gasteiger partial charge on any atom is -0.457 e. The molecule has 0 radical (unpaired) electrons. The third-order valence-electron chi connectivity index (χ3n) is 5.12. The quantitative estimate of drug-likeness (QED) is 0.247. The first kappa shape index (κ1) is 31.2. The van der Waals surface area contributed by atoms with Crippen molar-refractivity contribution in [3.8, 4) is 11.5 Å². The second kappa shape index (κ2) is 16.1. The first-order valence-corrected chi connectivity index (χ1v) is 12.9. The molecular weight excluding hydrogens is 502 g/mol. The Kier molecular flexibility index (Phi) is 12.6. The van der Waals surface area contributed by atoms with E-state index >= 15 is 0 Å². The average Bonchev–Trinajstić information content (AvgIpc) is 2.93. The number of para-hydroxylation sites is 1. The lowest BCUT2D eigenvalue weighted by Gasteiger charge is -2.23. The van der Waals surface area contributed by atoms with Gasteiger partial charge in [-0.05, 0) is 74.0 Å². The van der Waals surface area contributed by atoms with E-state index in [1.54, 1.807) is 31.2 Å². The molecule has 0 saturated carbocycles. The predicted octanol–water partition coefficient (Wildman–Crippen LogP) is 7.38. The maximum atomic E-state index is 12.2. The Morgan fingerprint density at radius 1 is 0.950 bits per heavy atom. The summed E-state index contributed by atoms with van der Waals surface area (Å²) in [5, 5.41) is 2.68. The molecule has 1 heterocycles. The lowest BCUT2D eigenvalue weighted by Crippen LogP contribution is -2.25. The number of amides is 2. The summed E-state index contributed by atoms with van der Waals surface area (Å²) in [7, 11) is 0. The average molecular weight is 540 g/mol. The monoisotopic (exact) mass is 539 g/mol. The number of nitrogens with zero attached hydrogens (tertiary/aromatic N) is 3. The van der Waals surface area contributed by atoms with Crippen molar-refractivity contribution in [1.29, 1.82) is 0 Å². The SMILES string of the molecule is C=CC(=O)Nc1cccc(C)c1.CC(=O)N(c1ccc(Oc2ccccc2)cc1)c1c(C)ncnc1N.CCC. The Bertz CT molecular complexity index is 1370. The number of ether oxygens (including phenoxy) is 1. The highest BCUT2D eigenvalue weighted by Gasteiger charge is 2.20. The van der Waals surface area contributed by atoms with Crippen LogP contribution < -0.4 is 20.7 Å². The van der Waals surface area contributed by atoms with Crippen LogP contribution in [0.2, 0.25) is 0 Å². The molecule has 3 N–H and O–H groups in total. The van der Waals surface area contributed by atoms with Crippen LogP contribution in [-0.4, -0.2) is 21.8 Å². The molecule has 0 unspecified atom stereocenters. The Balaban J connectivity index is 0.000000312. The summed E-state index contributed by atoms with van der Waals surface area (Å²) in [5.41, 5.74) is 9.68. The summed E-state index contributed by atoms with van der Waals surface area (Å²) >= 11 is 0. The number of nitrogens with two attached hydrogens (primary N) is 1. The molecular formula is C32H37N5O3. The molecule has 0 aliphatic rings. The molecule has 2 amide bonds. The van der Waals surface area contributed by atoms with Gasteiger partial charge >= 0.3 is 0 Å². The largest absolute Gasteiger partial charge is 0.457 e. The van der Waals surface area contributed by atoms with Crippen LogP contribution in [0.25, 0.3) is 0 Å². The predicted molar refractivity (Wildman–Crippen MR) is 163 cm³/mol. The smallest absolute Gasteiger partial charge is 0.247 e. The first-order chi connectivity index (χ1) is 19.2. The van der Waals surface area contributed by atoms with Gasteiger partial charge in [-0.25, -0.2) is 9.97 Å². The van der Waals surface area contributed by atoms with Gasteiger partial charge in [-0.15, -0.1) is 0 Å². The summed E-state index contributed by atoms with van der Waals surface area (Å²) in [4.78, 5) is 32.7. The van der Waals surface area contributed by atoms with Gasteiger partial charge in [-0.2, -0.15) is 0 Å². The molecule has 0 saturated heterocycles. The van der Waals surface area contributed by atoms with Gasteiger partial charge in [-0.1, -0.05) is 57.2 Å². The third kappa shape index (κ3) is 9.72. The Hall–Kier alpha value is -4.98. The number of aryl methyl sites for hydroxylation is 2. The van der Waals surface area contributed by atoms with E-state index in [0.29, 0.717) is 22.8 Å². The molecule has 0 bridgehead atoms. The second-order valence-electron chi connectivity index (χ2n) is 8.73. The molecule has 40 heavy (non-hydrogen) atoms. The van der Waals surface area contributed by atoms with Crippen molar-refractivity contribution >= 4 is 34.7 Å². The van der Waals surface area contributed by atoms with Crippen LogP contribution in [0.3, 0.4) is 0 Å². The normalized spacial score (nSPS) is 9.62. The molecule has 3 aromatic carbocycles. The molecule has 4 aromatic rings. The minimum absolute atomic E-state index is 0.179. The van der Waals surface area contributed by atoms with Gasteiger partial charge in [0.1, 0.15) is 23.5 Å². The van der Waals surface area contributed by atoms with Crippen LogP contribution in [0.5, 0.6) is 11.5 Å². The van der Waals surface area contributed by atoms with Gasteiger partial charge in [0, 0.05) is 18.3 Å². The van der Waals surface area contributed by atoms with Crippen LogP contribution in [0.15, 0.2) is 97.8 Å². The fraction of sp³-hybridized carbons (Fsp3) is 0.188. The van der Waals surface area contributed by atoms with Crippen LogP contribution in [-0.2, 0) is 9.59 Å². The van der Waals surface area contributed by atoms with Crippen molar-refractivity contribution < 1.29 is 14.3 Å². The summed E-state index contributed by atoms with van der Waals surface area (Å²) in [5.74, 6) is 1.32. The highest BCUT2D eigenvalue weighted by Crippen LogP contribution is 2.33. The molecule has 8 heteroatoms. The molecule has 0 atom stereocenters. The summed E-state index contributed by atoms with van der Waals surface area (Å²) in [6, 6.07) is 24.3. The first-order valence-electron chi connectivity index (χ1n) is 12.9. The van der Waals surface area contributed by atoms with E-state index in [4.69, 9.17) is 10.5 Å². The molecule has 0 spiro atoms. The van der Waals surface area contributed by atoms with Gasteiger partial charge in [0.25, 0.3) is 0 Å². The van der Waals surface area contributed by atoms with Gasteiger partial charge in [0.15, 0.2) is 5.82 Å². The van der Waals surface area contributed by atoms with Gasteiger partial charge in [-0.3, -0.25) is 14.5 Å². The van der Waals surface area contributed by atoms with Crippen molar-refractivity contribution in [2.24, 2.45) is 0 Å². The summed E-state index contributed by atoms with van der Waals surface area (Å²) < 4.78 is 5.77. The van der Waals surface area contributed by atoms with E-state index in [9.17, 15) is 9.59 Å². The number of hydrogen-bond acceptors (Lipinski definition) is 6. The second-order valence-corrected chi connectivity index (χ2v) is 8.73. The molecule has 1 aromatic heterocycles. The number of aromatic nitrogens is 2. The molecule has 4 rings (SSSR count). The molecule has 0 aliphatic carbocycles. The van der Waals surface area contributed by atoms with Crippen molar-refractivity contribution in [2.75, 3.05) is 16.0 Å². The highest BCUT2D eigenvalue weighted by atomic mass is 16.5. The van der Waals surface area contributed by atoms with E-state index in [0.717, 1.165) is 17.0 Å². The van der Waals surface area contributed by atoms with Crippen molar-refractivity contribution in [1.82, 2.24) is 9.97 Å². The number of nitrogens with one attached hydrogen (secondary N) is 1. The number of benzene rings is 3. The fourth-order valence-corrected chi connectivity index (χ4v) is 3.43. The number of rotatable bonds is 6. The Morgan fingerprint density at radius 3 is 2.12 bits per heavy atom. The molecule has 208 valence electrons. The summed E-state index contributed by atoms with van der Waals surface area (Å²) in [6.45, 7) is 12.9. The van der Waals surface area contributed by atoms with E-state index in [1.165, 1.54) is 30.6 Å². The standard InChI is InChI=1S/C19H18N4O2.C10H11NO.C3H8/c1-13-18(19(20)22-12-21-13)23(14(2)24)15-8-10-17(11-9-15)25-16-6-4-3-5-7-16;1-3-10(12)11-9-6-4-5-8(2)7-9;1-3-2/h3-12H,1-2H3,(H2,20,21,22);3-7H,1H2,2H3,(H,11,12);3H2,1-2H3. The zero-order valence-corrected chi connectivity index (χ0v) is 23.7. The van der Waals surface area contributed by atoms with Crippen molar-refractivity contribution in [3.63, 3.8) is 0 Å². The maximum absolute atomic E-state index is 12.2. The third-order valence-corrected chi connectivity index (χ3v) is 5.12. The number of anilines is 4. The Morgan fingerprint density at radius 2 is 1.57 bits per heavy atom. The molecule has 0 fully saturated rings. The van der Waals surface area contributed by atoms with Gasteiger partial charge < -0.3 is 15.8 Å². The zero-order valence-electron chi connectivity index (χ0n) is 23.7. The van der Waals surface area contributed by atoms with E-state index in [1.807, 2.05) is 61.5 Å². The molecule has 8 nitrogen and oxygen atoms in total. The van der Waals surface area contributed by atoms with Crippen LogP contribution in [0.4, 0.5) is 22.9 Å². The minimum atomic E-state index is -0.180. The van der Waals surface area contributed by atoms with Gasteiger partial charge in [0.2, 0.25) is 11.8 Å². The number of nitrogen functional groups attached to an aromatic ring is 1. The number of hydrogen-bond donors (Lipinski definition) is 2. The number of carbonyl (C=O) groups is 2. The van der Waals surface area contributed by atoms with Crippen LogP contribution in [0.1, 0.15) is 38.4 Å². The van der Waals surface area contributed by atoms with Crippen molar-refractivity contribution in [3.05, 3.63) is 109 Å². The molecule has 0 aliphatic heterocycles. The van der Waals surface area contributed by atoms with E-state index < -0.39 is 0 Å². The van der Waals surface area contributed by atoms with Gasteiger partial charge in [0.05, 0.1) is 5.69 Å². The summed E-state index contributed by atoms with van der Waals surface area (Å²) in [6.07, 6.45) is 3.88. The Labute approximate surface area is 236 Å². The van der Waals surface area contributed by atoms with E-state index in [-0.39, 0.29) is 17.6 Å². The maximum Gasteiger partial charge on any atom is 0.247 e.